The Morgan fingerprint density at radius 1 is 1.41 bits per heavy atom. The summed E-state index contributed by atoms with van der Waals surface area (Å²) in [4.78, 5) is 13.0. The predicted molar refractivity (Wildman–Crippen MR) is 94.3 cm³/mol. The van der Waals surface area contributed by atoms with Gasteiger partial charge in [0, 0.05) is 11.1 Å². The van der Waals surface area contributed by atoms with Gasteiger partial charge in [-0.3, -0.25) is 4.79 Å². The lowest BCUT2D eigenvalue weighted by Gasteiger charge is -2.17. The average molecular weight is 451 g/mol. The second-order valence-corrected chi connectivity index (χ2v) is 8.43. The molecule has 2 aromatic heterocycles. The van der Waals surface area contributed by atoms with Crippen LogP contribution in [0.25, 0.3) is 0 Å². The first-order valence-corrected chi connectivity index (χ1v) is 9.24. The van der Waals surface area contributed by atoms with Gasteiger partial charge in [-0.05, 0) is 56.0 Å². The lowest BCUT2D eigenvalue weighted by atomic mass is 10.2. The zero-order valence-electron chi connectivity index (χ0n) is 12.3. The van der Waals surface area contributed by atoms with Crippen LogP contribution in [0, 0.1) is 5.92 Å². The van der Waals surface area contributed by atoms with E-state index in [4.69, 9.17) is 9.15 Å². The van der Waals surface area contributed by atoms with Crippen molar-refractivity contribution in [3.05, 3.63) is 43.4 Å². The normalized spacial score (nSPS) is 12.6. The van der Waals surface area contributed by atoms with E-state index in [1.165, 1.54) is 11.3 Å². The molecule has 1 N–H and O–H groups in total. The number of hydrogen-bond acceptors (Lipinski definition) is 4. The van der Waals surface area contributed by atoms with Crippen LogP contribution in [-0.2, 0) is 4.74 Å². The molecule has 0 aromatic carbocycles. The molecule has 1 amide bonds. The highest BCUT2D eigenvalue weighted by Crippen LogP contribution is 2.32. The van der Waals surface area contributed by atoms with Crippen molar-refractivity contribution in [2.75, 3.05) is 13.2 Å². The Morgan fingerprint density at radius 3 is 2.73 bits per heavy atom. The minimum absolute atomic E-state index is 0.147. The average Bonchev–Trinajstić information content (AvgIpc) is 3.08. The van der Waals surface area contributed by atoms with Gasteiger partial charge >= 0.3 is 0 Å². The van der Waals surface area contributed by atoms with Gasteiger partial charge in [-0.1, -0.05) is 13.8 Å². The molecule has 0 spiro atoms. The number of carbonyl (C=O) groups is 1. The highest BCUT2D eigenvalue weighted by molar-refractivity contribution is 9.13. The molecule has 0 saturated carbocycles. The summed E-state index contributed by atoms with van der Waals surface area (Å²) in [6.07, 6.45) is 1.59. The molecule has 0 aliphatic carbocycles. The molecule has 2 rings (SSSR count). The number of nitrogens with one attached hydrogen (secondary N) is 1. The van der Waals surface area contributed by atoms with Crippen LogP contribution in [0.5, 0.6) is 0 Å². The fourth-order valence-corrected chi connectivity index (χ4v) is 3.73. The molecule has 0 unspecified atom stereocenters. The quantitative estimate of drug-likeness (QED) is 0.644. The smallest absolute Gasteiger partial charge is 0.262 e. The molecule has 120 valence electrons. The van der Waals surface area contributed by atoms with E-state index >= 15 is 0 Å². The molecular formula is C15H17Br2NO3S. The van der Waals surface area contributed by atoms with Crippen molar-refractivity contribution in [2.45, 2.75) is 19.9 Å². The van der Waals surface area contributed by atoms with E-state index in [1.54, 1.807) is 18.4 Å². The van der Waals surface area contributed by atoms with Crippen molar-refractivity contribution in [3.63, 3.8) is 0 Å². The SMILES string of the molecule is CC(C)COC[C@H](NC(=O)c1cc(Br)c(Br)s1)c1ccco1. The number of amides is 1. The fourth-order valence-electron chi connectivity index (χ4n) is 1.79. The van der Waals surface area contributed by atoms with E-state index in [0.717, 1.165) is 8.26 Å². The fraction of sp³-hybridized carbons (Fsp3) is 0.400. The molecular weight excluding hydrogens is 434 g/mol. The molecule has 4 nitrogen and oxygen atoms in total. The van der Waals surface area contributed by atoms with E-state index in [0.29, 0.717) is 29.8 Å². The molecule has 22 heavy (non-hydrogen) atoms. The molecule has 0 bridgehead atoms. The minimum atomic E-state index is -0.305. The van der Waals surface area contributed by atoms with Gasteiger partial charge in [-0.2, -0.15) is 0 Å². The number of rotatable bonds is 7. The van der Waals surface area contributed by atoms with Crippen molar-refractivity contribution in [2.24, 2.45) is 5.92 Å². The molecule has 0 aliphatic heterocycles. The zero-order chi connectivity index (χ0) is 16.1. The Balaban J connectivity index is 2.04. The largest absolute Gasteiger partial charge is 0.467 e. The Morgan fingerprint density at radius 2 is 2.18 bits per heavy atom. The van der Waals surface area contributed by atoms with Crippen LogP contribution in [0.2, 0.25) is 0 Å². The number of hydrogen-bond donors (Lipinski definition) is 1. The maximum atomic E-state index is 12.4. The monoisotopic (exact) mass is 449 g/mol. The van der Waals surface area contributed by atoms with Crippen molar-refractivity contribution >= 4 is 49.1 Å². The predicted octanol–water partition coefficient (Wildman–Crippen LogP) is 5.01. The lowest BCUT2D eigenvalue weighted by molar-refractivity contribution is 0.0732. The van der Waals surface area contributed by atoms with Gasteiger partial charge in [0.05, 0.1) is 21.5 Å². The number of thiophene rings is 1. The van der Waals surface area contributed by atoms with E-state index in [9.17, 15) is 4.79 Å². The molecule has 0 fully saturated rings. The Kier molecular flexibility index (Phi) is 6.67. The molecule has 0 saturated heterocycles. The Bertz CT molecular complexity index is 591. The summed E-state index contributed by atoms with van der Waals surface area (Å²) in [6.45, 7) is 5.19. The van der Waals surface area contributed by atoms with Crippen molar-refractivity contribution < 1.29 is 13.9 Å². The van der Waals surface area contributed by atoms with Crippen molar-refractivity contribution in [1.82, 2.24) is 5.32 Å². The first-order valence-electron chi connectivity index (χ1n) is 6.84. The highest BCUT2D eigenvalue weighted by Gasteiger charge is 2.20. The highest BCUT2D eigenvalue weighted by atomic mass is 79.9. The number of ether oxygens (including phenoxy) is 1. The molecule has 2 heterocycles. The second-order valence-electron chi connectivity index (χ2n) is 5.21. The summed E-state index contributed by atoms with van der Waals surface area (Å²) in [5, 5.41) is 2.96. The number of carbonyl (C=O) groups excluding carboxylic acids is 1. The van der Waals surface area contributed by atoms with E-state index in [-0.39, 0.29) is 11.9 Å². The van der Waals surface area contributed by atoms with Crippen LogP contribution in [0.3, 0.4) is 0 Å². The van der Waals surface area contributed by atoms with Crippen LogP contribution < -0.4 is 5.32 Å². The summed E-state index contributed by atoms with van der Waals surface area (Å²) in [7, 11) is 0. The van der Waals surface area contributed by atoms with Crippen LogP contribution in [0.1, 0.15) is 35.3 Å². The van der Waals surface area contributed by atoms with Gasteiger partial charge in [0.15, 0.2) is 0 Å². The van der Waals surface area contributed by atoms with Gasteiger partial charge in [0.2, 0.25) is 0 Å². The number of halogens is 2. The maximum Gasteiger partial charge on any atom is 0.262 e. The van der Waals surface area contributed by atoms with Gasteiger partial charge in [0.25, 0.3) is 5.91 Å². The van der Waals surface area contributed by atoms with E-state index < -0.39 is 0 Å². The first-order chi connectivity index (χ1) is 10.5. The molecule has 2 aromatic rings. The maximum absolute atomic E-state index is 12.4. The van der Waals surface area contributed by atoms with Crippen LogP contribution in [0.15, 0.2) is 37.1 Å². The van der Waals surface area contributed by atoms with Gasteiger partial charge in [0.1, 0.15) is 11.8 Å². The third-order valence-electron chi connectivity index (χ3n) is 2.80. The van der Waals surface area contributed by atoms with Crippen LogP contribution in [0.4, 0.5) is 0 Å². The molecule has 0 aliphatic rings. The van der Waals surface area contributed by atoms with Crippen molar-refractivity contribution in [3.8, 4) is 0 Å². The van der Waals surface area contributed by atoms with Crippen LogP contribution in [-0.4, -0.2) is 19.1 Å². The first kappa shape index (κ1) is 17.7. The minimum Gasteiger partial charge on any atom is -0.467 e. The summed E-state index contributed by atoms with van der Waals surface area (Å²) >= 11 is 8.16. The van der Waals surface area contributed by atoms with Gasteiger partial charge in [-0.25, -0.2) is 0 Å². The summed E-state index contributed by atoms with van der Waals surface area (Å²) in [6, 6.07) is 5.12. The molecule has 1 atom stereocenters. The van der Waals surface area contributed by atoms with E-state index in [1.807, 2.05) is 6.07 Å². The van der Waals surface area contributed by atoms with Crippen molar-refractivity contribution in [1.29, 1.82) is 0 Å². The third kappa shape index (κ3) is 4.94. The zero-order valence-corrected chi connectivity index (χ0v) is 16.3. The lowest BCUT2D eigenvalue weighted by Crippen LogP contribution is -2.31. The summed E-state index contributed by atoms with van der Waals surface area (Å²) in [5.74, 6) is 0.981. The molecule has 0 radical (unpaired) electrons. The summed E-state index contributed by atoms with van der Waals surface area (Å²) in [5.41, 5.74) is 0. The summed E-state index contributed by atoms with van der Waals surface area (Å²) < 4.78 is 12.8. The van der Waals surface area contributed by atoms with Gasteiger partial charge in [-0.15, -0.1) is 11.3 Å². The third-order valence-corrected chi connectivity index (χ3v) is 6.05. The number of furan rings is 1. The van der Waals surface area contributed by atoms with Gasteiger partial charge < -0.3 is 14.5 Å². The Hall–Kier alpha value is -0.630. The topological polar surface area (TPSA) is 51.5 Å². The standard InChI is InChI=1S/C15H17Br2NO3S/c1-9(2)7-20-8-11(12-4-3-5-21-12)18-15(19)13-6-10(16)14(17)22-13/h3-6,9,11H,7-8H2,1-2H3,(H,18,19)/t11-/m0/s1. The second kappa shape index (κ2) is 8.29. The van der Waals surface area contributed by atoms with E-state index in [2.05, 4.69) is 51.0 Å². The Labute approximate surface area is 150 Å². The molecule has 7 heteroatoms. The van der Waals surface area contributed by atoms with Crippen LogP contribution >= 0.6 is 43.2 Å².